The van der Waals surface area contributed by atoms with Crippen molar-refractivity contribution in [2.45, 2.75) is 73.4 Å². The number of aliphatic hydroxyl groups excluding tert-OH is 6. The van der Waals surface area contributed by atoms with Crippen LogP contribution >= 0.6 is 0 Å². The Morgan fingerprint density at radius 1 is 1.08 bits per heavy atom. The zero-order valence-corrected chi connectivity index (χ0v) is 13.8. The van der Waals surface area contributed by atoms with Crippen LogP contribution < -0.4 is 17.2 Å². The molecule has 0 bridgehead atoms. The molecular weight excluding hydrogens is 338 g/mol. The monoisotopic (exact) mass is 367 g/mol. The Balaban J connectivity index is 2.18. The van der Waals surface area contributed by atoms with Gasteiger partial charge < -0.3 is 57.3 Å². The average molecular weight is 367 g/mol. The van der Waals surface area contributed by atoms with Crippen molar-refractivity contribution in [2.75, 3.05) is 13.2 Å². The first-order valence-electron chi connectivity index (χ1n) is 8.21. The topological polar surface area (TPSA) is 218 Å². The van der Waals surface area contributed by atoms with Gasteiger partial charge in [-0.3, -0.25) is 0 Å². The lowest BCUT2D eigenvalue weighted by Crippen LogP contribution is -2.68. The highest BCUT2D eigenvalue weighted by Crippen LogP contribution is 2.34. The maximum Gasteiger partial charge on any atom is 0.176 e. The first-order chi connectivity index (χ1) is 11.7. The molecule has 0 amide bonds. The summed E-state index contributed by atoms with van der Waals surface area (Å²) in [6.45, 7) is -1.42. The van der Waals surface area contributed by atoms with Crippen LogP contribution in [-0.4, -0.2) is 104 Å². The molecule has 6 unspecified atom stereocenters. The van der Waals surface area contributed by atoms with E-state index in [2.05, 4.69) is 0 Å². The maximum atomic E-state index is 10.2. The van der Waals surface area contributed by atoms with Gasteiger partial charge in [-0.1, -0.05) is 0 Å². The van der Waals surface area contributed by atoms with E-state index < -0.39 is 73.8 Å². The summed E-state index contributed by atoms with van der Waals surface area (Å²) in [6.07, 6.45) is -7.84. The van der Waals surface area contributed by atoms with Gasteiger partial charge in [0.2, 0.25) is 0 Å². The van der Waals surface area contributed by atoms with E-state index in [9.17, 15) is 30.6 Å². The molecule has 1 saturated heterocycles. The van der Waals surface area contributed by atoms with Gasteiger partial charge in [-0.25, -0.2) is 0 Å². The number of aliphatic hydroxyl groups is 6. The molecule has 1 aliphatic carbocycles. The van der Waals surface area contributed by atoms with Gasteiger partial charge in [-0.05, 0) is 6.42 Å². The van der Waals surface area contributed by atoms with E-state index in [1.54, 1.807) is 0 Å². The summed E-state index contributed by atoms with van der Waals surface area (Å²) < 4.78 is 11.2. The van der Waals surface area contributed by atoms with E-state index in [0.717, 1.165) is 0 Å². The fourth-order valence-corrected chi connectivity index (χ4v) is 3.36. The summed E-state index contributed by atoms with van der Waals surface area (Å²) in [5.41, 5.74) is 15.8. The molecule has 25 heavy (non-hydrogen) atoms. The molecule has 10 atom stereocenters. The second-order valence-electron chi connectivity index (χ2n) is 6.90. The normalized spacial score (nSPS) is 49.8. The highest BCUT2D eigenvalue weighted by Gasteiger charge is 2.52. The van der Waals surface area contributed by atoms with Gasteiger partial charge in [0.15, 0.2) is 6.29 Å². The third-order valence-corrected chi connectivity index (χ3v) is 5.09. The molecule has 0 aromatic rings. The molecular formula is C14H29N3O8. The van der Waals surface area contributed by atoms with Gasteiger partial charge in [0, 0.05) is 18.5 Å². The quantitative estimate of drug-likeness (QED) is 0.223. The zero-order valence-electron chi connectivity index (χ0n) is 13.8. The SMILES string of the molecule is NC1C(O)CC(CO)([C@@H](O)CO)O[C@@H]1O[C@@H]1C(N)C[C@@H](N)C(O)C1O. The summed E-state index contributed by atoms with van der Waals surface area (Å²) in [6, 6.07) is -2.50. The van der Waals surface area contributed by atoms with Crippen LogP contribution in [0.3, 0.4) is 0 Å². The first-order valence-corrected chi connectivity index (χ1v) is 8.21. The molecule has 11 nitrogen and oxygen atoms in total. The fraction of sp³-hybridized carbons (Fsp3) is 1.00. The highest BCUT2D eigenvalue weighted by molar-refractivity contribution is 5.01. The third kappa shape index (κ3) is 3.96. The van der Waals surface area contributed by atoms with Gasteiger partial charge >= 0.3 is 0 Å². The lowest BCUT2D eigenvalue weighted by atomic mass is 9.83. The number of nitrogens with two attached hydrogens (primary N) is 3. The fourth-order valence-electron chi connectivity index (χ4n) is 3.36. The molecule has 0 aromatic carbocycles. The van der Waals surface area contributed by atoms with Gasteiger partial charge in [0.05, 0.1) is 31.5 Å². The molecule has 12 N–H and O–H groups in total. The predicted molar refractivity (Wildman–Crippen MR) is 83.8 cm³/mol. The largest absolute Gasteiger partial charge is 0.394 e. The van der Waals surface area contributed by atoms with Crippen LogP contribution in [0.15, 0.2) is 0 Å². The van der Waals surface area contributed by atoms with E-state index in [-0.39, 0.29) is 12.8 Å². The van der Waals surface area contributed by atoms with Crippen molar-refractivity contribution in [3.05, 3.63) is 0 Å². The molecule has 2 fully saturated rings. The van der Waals surface area contributed by atoms with E-state index in [1.165, 1.54) is 0 Å². The van der Waals surface area contributed by atoms with E-state index in [1.807, 2.05) is 0 Å². The molecule has 148 valence electrons. The van der Waals surface area contributed by atoms with Crippen molar-refractivity contribution in [1.29, 1.82) is 0 Å². The lowest BCUT2D eigenvalue weighted by Gasteiger charge is -2.49. The number of ether oxygens (including phenoxy) is 2. The van der Waals surface area contributed by atoms with Crippen LogP contribution in [0.4, 0.5) is 0 Å². The molecule has 0 spiro atoms. The first kappa shape index (κ1) is 20.9. The Kier molecular flexibility index (Phi) is 6.73. The lowest BCUT2D eigenvalue weighted by molar-refractivity contribution is -0.320. The van der Waals surface area contributed by atoms with Crippen LogP contribution in [-0.2, 0) is 9.47 Å². The summed E-state index contributed by atoms with van der Waals surface area (Å²) >= 11 is 0. The zero-order chi connectivity index (χ0) is 18.9. The van der Waals surface area contributed by atoms with Crippen LogP contribution in [0.5, 0.6) is 0 Å². The summed E-state index contributed by atoms with van der Waals surface area (Å²) in [4.78, 5) is 0. The summed E-state index contributed by atoms with van der Waals surface area (Å²) in [7, 11) is 0. The Morgan fingerprint density at radius 2 is 1.72 bits per heavy atom. The van der Waals surface area contributed by atoms with Crippen molar-refractivity contribution in [3.8, 4) is 0 Å². The number of hydrogen-bond acceptors (Lipinski definition) is 11. The third-order valence-electron chi connectivity index (χ3n) is 5.09. The molecule has 1 saturated carbocycles. The Hall–Kier alpha value is -0.440. The van der Waals surface area contributed by atoms with E-state index in [4.69, 9.17) is 26.7 Å². The average Bonchev–Trinajstić information content (AvgIpc) is 2.59. The van der Waals surface area contributed by atoms with Gasteiger partial charge in [-0.2, -0.15) is 0 Å². The molecule has 1 heterocycles. The highest BCUT2D eigenvalue weighted by atomic mass is 16.7. The summed E-state index contributed by atoms with van der Waals surface area (Å²) in [5, 5.41) is 59.0. The van der Waals surface area contributed by atoms with Gasteiger partial charge in [0.25, 0.3) is 0 Å². The minimum absolute atomic E-state index is 0.178. The molecule has 0 radical (unpaired) electrons. The van der Waals surface area contributed by atoms with Crippen LogP contribution in [0, 0.1) is 0 Å². The molecule has 2 rings (SSSR count). The molecule has 2 aliphatic rings. The van der Waals surface area contributed by atoms with Crippen molar-refractivity contribution in [2.24, 2.45) is 17.2 Å². The molecule has 11 heteroatoms. The number of rotatable bonds is 5. The van der Waals surface area contributed by atoms with Crippen molar-refractivity contribution >= 4 is 0 Å². The van der Waals surface area contributed by atoms with Crippen molar-refractivity contribution in [1.82, 2.24) is 0 Å². The standard InChI is InChI=1S/C14H29N3O8/c15-5-1-6(16)12(11(23)10(5)22)24-13-9(17)7(20)2-14(4-19,25-13)8(21)3-18/h5-13,18-23H,1-4,15-17H2/t5-,6?,7?,8+,9?,10?,11?,12-,13+,14?/m1/s1. The molecule has 0 aromatic heterocycles. The second-order valence-corrected chi connectivity index (χ2v) is 6.90. The minimum atomic E-state index is -1.69. The predicted octanol–water partition coefficient (Wildman–Crippen LogP) is -5.33. The van der Waals surface area contributed by atoms with Crippen molar-refractivity contribution in [3.63, 3.8) is 0 Å². The minimum Gasteiger partial charge on any atom is -0.394 e. The Morgan fingerprint density at radius 3 is 2.28 bits per heavy atom. The Labute approximate surface area is 144 Å². The van der Waals surface area contributed by atoms with Gasteiger partial charge in [0.1, 0.15) is 23.9 Å². The van der Waals surface area contributed by atoms with E-state index in [0.29, 0.717) is 0 Å². The van der Waals surface area contributed by atoms with Crippen LogP contribution in [0.25, 0.3) is 0 Å². The number of hydrogen-bond donors (Lipinski definition) is 9. The summed E-state index contributed by atoms with van der Waals surface area (Å²) in [5.74, 6) is 0. The maximum absolute atomic E-state index is 10.2. The van der Waals surface area contributed by atoms with Crippen LogP contribution in [0.1, 0.15) is 12.8 Å². The van der Waals surface area contributed by atoms with Crippen LogP contribution in [0.2, 0.25) is 0 Å². The molecule has 1 aliphatic heterocycles. The van der Waals surface area contributed by atoms with Gasteiger partial charge in [-0.15, -0.1) is 0 Å². The smallest absolute Gasteiger partial charge is 0.176 e. The second kappa shape index (κ2) is 8.06. The van der Waals surface area contributed by atoms with E-state index >= 15 is 0 Å². The van der Waals surface area contributed by atoms with Crippen molar-refractivity contribution < 1.29 is 40.1 Å². The Bertz CT molecular complexity index is 446.